The molecule has 1 saturated carbocycles. The highest BCUT2D eigenvalue weighted by molar-refractivity contribution is 5.91. The maximum absolute atomic E-state index is 11.6. The lowest BCUT2D eigenvalue weighted by molar-refractivity contribution is -0.116. The van der Waals surface area contributed by atoms with Crippen molar-refractivity contribution in [1.29, 1.82) is 0 Å². The van der Waals surface area contributed by atoms with Gasteiger partial charge in [0.2, 0.25) is 5.91 Å². The fraction of sp³-hybridized carbons (Fsp3) is 0.429. The second kappa shape index (κ2) is 6.31. The van der Waals surface area contributed by atoms with Crippen LogP contribution in [0.3, 0.4) is 0 Å². The van der Waals surface area contributed by atoms with Crippen molar-refractivity contribution >= 4 is 12.0 Å². The van der Waals surface area contributed by atoms with E-state index in [1.54, 1.807) is 12.3 Å². The summed E-state index contributed by atoms with van der Waals surface area (Å²) in [5.41, 5.74) is 0.758. The third kappa shape index (κ3) is 3.67. The monoisotopic (exact) mass is 246 g/mol. The first-order chi connectivity index (χ1) is 8.75. The number of aromatic nitrogens is 1. The molecule has 0 bridgehead atoms. The summed E-state index contributed by atoms with van der Waals surface area (Å²) < 4.78 is 0. The minimum Gasteiger partial charge on any atom is -0.393 e. The molecule has 1 heterocycles. The number of hydrogen-bond donors (Lipinski definition) is 2. The zero-order valence-electron chi connectivity index (χ0n) is 10.2. The molecule has 96 valence electrons. The van der Waals surface area contributed by atoms with Gasteiger partial charge in [0.15, 0.2) is 0 Å². The van der Waals surface area contributed by atoms with Crippen molar-refractivity contribution in [3.05, 3.63) is 36.2 Å². The van der Waals surface area contributed by atoms with E-state index in [2.05, 4.69) is 10.3 Å². The summed E-state index contributed by atoms with van der Waals surface area (Å²) in [4.78, 5) is 15.7. The quantitative estimate of drug-likeness (QED) is 0.789. The molecular weight excluding hydrogens is 228 g/mol. The Balaban J connectivity index is 1.77. The lowest BCUT2D eigenvalue weighted by atomic mass is 10.1. The summed E-state index contributed by atoms with van der Waals surface area (Å²) in [7, 11) is 0. The fourth-order valence-corrected chi connectivity index (χ4v) is 2.18. The van der Waals surface area contributed by atoms with E-state index in [4.69, 9.17) is 0 Å². The number of amides is 1. The van der Waals surface area contributed by atoms with Crippen molar-refractivity contribution in [2.45, 2.75) is 25.4 Å². The van der Waals surface area contributed by atoms with Gasteiger partial charge in [-0.25, -0.2) is 0 Å². The maximum atomic E-state index is 11.6. The van der Waals surface area contributed by atoms with Crippen LogP contribution in [-0.4, -0.2) is 28.6 Å². The highest BCUT2D eigenvalue weighted by Gasteiger charge is 2.24. The van der Waals surface area contributed by atoms with E-state index in [-0.39, 0.29) is 17.9 Å². The number of aliphatic hydroxyl groups excluding tert-OH is 1. The molecule has 4 heteroatoms. The first-order valence-electron chi connectivity index (χ1n) is 6.31. The first-order valence-corrected chi connectivity index (χ1v) is 6.31. The Hall–Kier alpha value is -1.68. The van der Waals surface area contributed by atoms with Crippen LogP contribution >= 0.6 is 0 Å². The van der Waals surface area contributed by atoms with Crippen molar-refractivity contribution in [1.82, 2.24) is 10.3 Å². The molecule has 2 rings (SSSR count). The second-order valence-corrected chi connectivity index (χ2v) is 4.59. The molecule has 0 aliphatic heterocycles. The molecule has 0 radical (unpaired) electrons. The van der Waals surface area contributed by atoms with Gasteiger partial charge in [-0.1, -0.05) is 12.5 Å². The summed E-state index contributed by atoms with van der Waals surface area (Å²) in [6.07, 6.45) is 7.47. The minimum atomic E-state index is -0.259. The number of pyridine rings is 1. The molecular formula is C14H18N2O2. The zero-order valence-corrected chi connectivity index (χ0v) is 10.2. The van der Waals surface area contributed by atoms with Crippen LogP contribution in [0.1, 0.15) is 25.0 Å². The highest BCUT2D eigenvalue weighted by atomic mass is 16.3. The van der Waals surface area contributed by atoms with Crippen LogP contribution in [0.5, 0.6) is 0 Å². The van der Waals surface area contributed by atoms with Crippen molar-refractivity contribution in [2.24, 2.45) is 5.92 Å². The van der Waals surface area contributed by atoms with Crippen LogP contribution in [0, 0.1) is 5.92 Å². The van der Waals surface area contributed by atoms with Gasteiger partial charge >= 0.3 is 0 Å². The van der Waals surface area contributed by atoms with Gasteiger partial charge in [0.1, 0.15) is 0 Å². The van der Waals surface area contributed by atoms with Crippen LogP contribution < -0.4 is 5.32 Å². The van der Waals surface area contributed by atoms with Crippen molar-refractivity contribution in [2.75, 3.05) is 6.54 Å². The molecule has 1 aliphatic carbocycles. The van der Waals surface area contributed by atoms with Crippen LogP contribution in [0.15, 0.2) is 30.5 Å². The van der Waals surface area contributed by atoms with E-state index >= 15 is 0 Å². The van der Waals surface area contributed by atoms with Crippen LogP contribution in [0.2, 0.25) is 0 Å². The largest absolute Gasteiger partial charge is 0.393 e. The van der Waals surface area contributed by atoms with Gasteiger partial charge in [-0.15, -0.1) is 0 Å². The number of nitrogens with one attached hydrogen (secondary N) is 1. The van der Waals surface area contributed by atoms with Crippen molar-refractivity contribution in [3.8, 4) is 0 Å². The normalized spacial score (nSPS) is 23.4. The molecule has 0 spiro atoms. The Morgan fingerprint density at radius 3 is 3.06 bits per heavy atom. The molecule has 0 aromatic carbocycles. The molecule has 0 saturated heterocycles. The molecule has 2 N–H and O–H groups in total. The molecule has 1 amide bonds. The van der Waals surface area contributed by atoms with Crippen LogP contribution in [-0.2, 0) is 4.79 Å². The Kier molecular flexibility index (Phi) is 4.47. The summed E-state index contributed by atoms with van der Waals surface area (Å²) in [6.45, 7) is 0.548. The second-order valence-electron chi connectivity index (χ2n) is 4.59. The van der Waals surface area contributed by atoms with Crippen LogP contribution in [0.4, 0.5) is 0 Å². The topological polar surface area (TPSA) is 62.2 Å². The Labute approximate surface area is 107 Å². The molecule has 4 nitrogen and oxygen atoms in total. The molecule has 1 aromatic heterocycles. The molecule has 2 atom stereocenters. The zero-order chi connectivity index (χ0) is 12.8. The molecule has 1 aliphatic rings. The molecule has 1 aromatic rings. The summed E-state index contributed by atoms with van der Waals surface area (Å²) >= 11 is 0. The fourth-order valence-electron chi connectivity index (χ4n) is 2.18. The first kappa shape index (κ1) is 12.8. The number of hydrogen-bond acceptors (Lipinski definition) is 3. The third-order valence-electron chi connectivity index (χ3n) is 3.25. The average molecular weight is 246 g/mol. The Morgan fingerprint density at radius 1 is 1.50 bits per heavy atom. The number of aliphatic hydroxyl groups is 1. The maximum Gasteiger partial charge on any atom is 0.244 e. The van der Waals surface area contributed by atoms with E-state index < -0.39 is 0 Å². The summed E-state index contributed by atoms with van der Waals surface area (Å²) in [6, 6.07) is 5.54. The lowest BCUT2D eigenvalue weighted by Crippen LogP contribution is -2.31. The Morgan fingerprint density at radius 2 is 2.39 bits per heavy atom. The number of rotatable bonds is 4. The standard InChI is InChI=1S/C14H18N2O2/c17-13-6-3-4-11(13)10-16-14(18)8-7-12-5-1-2-9-15-12/h1-2,5,7-9,11,13,17H,3-4,6,10H2,(H,16,18)/b8-7+. The van der Waals surface area contributed by atoms with Gasteiger partial charge in [-0.05, 0) is 31.1 Å². The number of carbonyl (C=O) groups is 1. The minimum absolute atomic E-state index is 0.139. The van der Waals surface area contributed by atoms with Crippen molar-refractivity contribution in [3.63, 3.8) is 0 Å². The SMILES string of the molecule is O=C(/C=C/c1ccccn1)NCC1CCCC1O. The van der Waals surface area contributed by atoms with Gasteiger partial charge in [-0.3, -0.25) is 9.78 Å². The molecule has 2 unspecified atom stereocenters. The van der Waals surface area contributed by atoms with Crippen LogP contribution in [0.25, 0.3) is 6.08 Å². The van der Waals surface area contributed by atoms with E-state index in [0.717, 1.165) is 25.0 Å². The van der Waals surface area contributed by atoms with Gasteiger partial charge in [0.05, 0.1) is 11.8 Å². The summed E-state index contributed by atoms with van der Waals surface area (Å²) in [5.74, 6) is 0.0666. The van der Waals surface area contributed by atoms with E-state index in [9.17, 15) is 9.90 Å². The number of nitrogens with zero attached hydrogens (tertiary/aromatic N) is 1. The van der Waals surface area contributed by atoms with Crippen molar-refractivity contribution < 1.29 is 9.90 Å². The average Bonchev–Trinajstić information content (AvgIpc) is 2.81. The van der Waals surface area contributed by atoms with Gasteiger partial charge in [-0.2, -0.15) is 0 Å². The highest BCUT2D eigenvalue weighted by Crippen LogP contribution is 2.24. The van der Waals surface area contributed by atoms with Gasteiger partial charge < -0.3 is 10.4 Å². The predicted molar refractivity (Wildman–Crippen MR) is 69.6 cm³/mol. The Bertz CT molecular complexity index is 417. The lowest BCUT2D eigenvalue weighted by Gasteiger charge is -2.13. The molecule has 1 fully saturated rings. The van der Waals surface area contributed by atoms with E-state index in [1.807, 2.05) is 18.2 Å². The van der Waals surface area contributed by atoms with Gasteiger partial charge in [0.25, 0.3) is 0 Å². The predicted octanol–water partition coefficient (Wildman–Crippen LogP) is 1.37. The number of carbonyl (C=O) groups excluding carboxylic acids is 1. The molecule has 18 heavy (non-hydrogen) atoms. The van der Waals surface area contributed by atoms with E-state index in [0.29, 0.717) is 6.54 Å². The smallest absolute Gasteiger partial charge is 0.244 e. The summed E-state index contributed by atoms with van der Waals surface area (Å²) in [5, 5.41) is 12.4. The third-order valence-corrected chi connectivity index (χ3v) is 3.25. The van der Waals surface area contributed by atoms with Gasteiger partial charge in [0, 0.05) is 24.7 Å². The van der Waals surface area contributed by atoms with E-state index in [1.165, 1.54) is 6.08 Å².